The smallest absolute Gasteiger partial charge is 0.407 e. The van der Waals surface area contributed by atoms with Crippen LogP contribution in [0.25, 0.3) is 0 Å². The lowest BCUT2D eigenvalue weighted by Gasteiger charge is -2.34. The number of nitrogens with zero attached hydrogens (tertiary/aromatic N) is 1. The molecule has 1 aliphatic rings. The molecule has 1 amide bonds. The minimum absolute atomic E-state index is 0.0809. The van der Waals surface area contributed by atoms with Gasteiger partial charge in [-0.05, 0) is 31.4 Å². The van der Waals surface area contributed by atoms with Crippen molar-refractivity contribution >= 4 is 27.8 Å². The number of rotatable bonds is 7. The molecule has 1 N–H and O–H groups in total. The summed E-state index contributed by atoms with van der Waals surface area (Å²) in [4.78, 5) is 24.7. The molecular weight excluding hydrogens is 374 g/mol. The second-order valence-electron chi connectivity index (χ2n) is 5.80. The molecule has 1 heterocycles. The number of halogens is 1. The van der Waals surface area contributed by atoms with E-state index < -0.39 is 12.1 Å². The second kappa shape index (κ2) is 8.87. The molecule has 1 saturated heterocycles. The van der Waals surface area contributed by atoms with Gasteiger partial charge in [0.1, 0.15) is 11.5 Å². The number of ether oxygens (including phenoxy) is 1. The van der Waals surface area contributed by atoms with Gasteiger partial charge < -0.3 is 14.7 Å². The van der Waals surface area contributed by atoms with Crippen LogP contribution in [0.15, 0.2) is 35.3 Å². The Morgan fingerprint density at radius 3 is 2.96 bits per heavy atom. The summed E-state index contributed by atoms with van der Waals surface area (Å²) < 4.78 is 6.74. The zero-order valence-corrected chi connectivity index (χ0v) is 15.1. The Morgan fingerprint density at radius 2 is 2.25 bits per heavy atom. The third-order valence-electron chi connectivity index (χ3n) is 4.07. The Hall–Kier alpha value is -1.82. The number of carbonyl (C=O) groups is 2. The van der Waals surface area contributed by atoms with Gasteiger partial charge >= 0.3 is 6.09 Å². The number of likely N-dealkylation sites (tertiary alicyclic amines) is 1. The lowest BCUT2D eigenvalue weighted by Crippen LogP contribution is -2.40. The zero-order valence-electron chi connectivity index (χ0n) is 13.5. The van der Waals surface area contributed by atoms with Crippen LogP contribution in [0.3, 0.4) is 0 Å². The molecule has 1 aliphatic heterocycles. The lowest BCUT2D eigenvalue weighted by molar-refractivity contribution is -0.122. The maximum Gasteiger partial charge on any atom is 0.407 e. The van der Waals surface area contributed by atoms with Crippen molar-refractivity contribution in [2.45, 2.75) is 38.1 Å². The van der Waals surface area contributed by atoms with Gasteiger partial charge in [0.05, 0.1) is 12.6 Å². The van der Waals surface area contributed by atoms with Crippen LogP contribution in [0, 0.1) is 0 Å². The van der Waals surface area contributed by atoms with Crippen LogP contribution in [-0.2, 0) is 4.79 Å². The molecule has 0 spiro atoms. The third kappa shape index (κ3) is 4.84. The van der Waals surface area contributed by atoms with Crippen molar-refractivity contribution in [1.29, 1.82) is 0 Å². The van der Waals surface area contributed by atoms with Crippen molar-refractivity contribution in [3.05, 3.63) is 40.9 Å². The maximum absolute atomic E-state index is 11.8. The lowest BCUT2D eigenvalue weighted by atomic mass is 9.94. The fourth-order valence-electron chi connectivity index (χ4n) is 2.82. The van der Waals surface area contributed by atoms with E-state index >= 15 is 0 Å². The quantitative estimate of drug-likeness (QED) is 0.542. The van der Waals surface area contributed by atoms with Crippen molar-refractivity contribution in [1.82, 2.24) is 4.90 Å². The first-order valence-corrected chi connectivity index (χ1v) is 8.86. The first-order valence-electron chi connectivity index (χ1n) is 8.07. The summed E-state index contributed by atoms with van der Waals surface area (Å²) in [5.74, 6) is 0.714. The topological polar surface area (TPSA) is 66.8 Å². The molecule has 0 radical (unpaired) electrons. The minimum Gasteiger partial charge on any atom is -0.493 e. The van der Waals surface area contributed by atoms with E-state index in [4.69, 9.17) is 4.74 Å². The van der Waals surface area contributed by atoms with Gasteiger partial charge in [-0.3, -0.25) is 4.79 Å². The molecular formula is C18H22BrNO4. The highest BCUT2D eigenvalue weighted by molar-refractivity contribution is 9.10. The number of hydrogen-bond acceptors (Lipinski definition) is 3. The minimum atomic E-state index is -1.01. The Balaban J connectivity index is 2.19. The monoisotopic (exact) mass is 395 g/mol. The highest BCUT2D eigenvalue weighted by Gasteiger charge is 2.33. The number of unbranched alkanes of at least 4 members (excludes halogenated alkanes) is 2. The SMILES string of the molecule is C=CCCCCOc1cc(Br)ccc1[C@@H]1CC(=O)CCN1C(=O)O. The summed E-state index contributed by atoms with van der Waals surface area (Å²) in [6.45, 7) is 4.47. The summed E-state index contributed by atoms with van der Waals surface area (Å²) in [6, 6.07) is 5.03. The fourth-order valence-corrected chi connectivity index (χ4v) is 3.16. The van der Waals surface area contributed by atoms with Gasteiger partial charge in [-0.25, -0.2) is 4.79 Å². The number of allylic oxidation sites excluding steroid dienone is 1. The van der Waals surface area contributed by atoms with Gasteiger partial charge in [-0.15, -0.1) is 6.58 Å². The average molecular weight is 396 g/mol. The van der Waals surface area contributed by atoms with Gasteiger partial charge in [-0.2, -0.15) is 0 Å². The molecule has 0 unspecified atom stereocenters. The highest BCUT2D eigenvalue weighted by Crippen LogP contribution is 2.36. The number of benzene rings is 1. The molecule has 0 aromatic heterocycles. The Kier molecular flexibility index (Phi) is 6.85. The van der Waals surface area contributed by atoms with Crippen LogP contribution in [0.2, 0.25) is 0 Å². The summed E-state index contributed by atoms with van der Waals surface area (Å²) >= 11 is 3.42. The second-order valence-corrected chi connectivity index (χ2v) is 6.72. The molecule has 130 valence electrons. The third-order valence-corrected chi connectivity index (χ3v) is 4.56. The van der Waals surface area contributed by atoms with Crippen LogP contribution in [-0.4, -0.2) is 35.0 Å². The van der Waals surface area contributed by atoms with E-state index in [2.05, 4.69) is 22.5 Å². The van der Waals surface area contributed by atoms with Gasteiger partial charge in [-0.1, -0.05) is 28.1 Å². The van der Waals surface area contributed by atoms with Gasteiger partial charge in [0.25, 0.3) is 0 Å². The zero-order chi connectivity index (χ0) is 17.5. The first-order chi connectivity index (χ1) is 11.5. The van der Waals surface area contributed by atoms with Crippen molar-refractivity contribution < 1.29 is 19.4 Å². The van der Waals surface area contributed by atoms with Gasteiger partial charge in [0.15, 0.2) is 0 Å². The molecule has 1 aromatic rings. The number of carbonyl (C=O) groups excluding carboxylic acids is 1. The Labute approximate surface area is 150 Å². The van der Waals surface area contributed by atoms with Crippen LogP contribution in [0.1, 0.15) is 43.7 Å². The van der Waals surface area contributed by atoms with E-state index in [0.717, 1.165) is 29.3 Å². The van der Waals surface area contributed by atoms with E-state index in [1.807, 2.05) is 24.3 Å². The number of hydrogen-bond donors (Lipinski definition) is 1. The van der Waals surface area contributed by atoms with Gasteiger partial charge in [0, 0.05) is 29.4 Å². The normalized spacial score (nSPS) is 17.6. The maximum atomic E-state index is 11.8. The number of Topliss-reactive ketones (excluding diaryl/α,β-unsaturated/α-hetero) is 1. The number of carboxylic acid groups (broad SMARTS) is 1. The molecule has 1 fully saturated rings. The van der Waals surface area contributed by atoms with Crippen molar-refractivity contribution in [3.8, 4) is 5.75 Å². The predicted octanol–water partition coefficient (Wildman–Crippen LogP) is 4.57. The first kappa shape index (κ1) is 18.5. The van der Waals surface area contributed by atoms with E-state index in [1.165, 1.54) is 4.90 Å². The number of piperidine rings is 1. The standard InChI is InChI=1S/C18H22BrNO4/c1-2-3-4-5-10-24-17-11-13(19)6-7-15(17)16-12-14(21)8-9-20(16)18(22)23/h2,6-7,11,16H,1,3-5,8-10,12H2,(H,22,23)/t16-/m0/s1. The van der Waals surface area contributed by atoms with Crippen LogP contribution in [0.4, 0.5) is 4.79 Å². The van der Waals surface area contributed by atoms with Gasteiger partial charge in [0.2, 0.25) is 0 Å². The number of amides is 1. The summed E-state index contributed by atoms with van der Waals surface area (Å²) in [5, 5.41) is 9.43. The van der Waals surface area contributed by atoms with Crippen LogP contribution in [0.5, 0.6) is 5.75 Å². The van der Waals surface area contributed by atoms with Crippen LogP contribution >= 0.6 is 15.9 Å². The predicted molar refractivity (Wildman–Crippen MR) is 95.4 cm³/mol. The molecule has 5 nitrogen and oxygen atoms in total. The average Bonchev–Trinajstić information content (AvgIpc) is 2.54. The Morgan fingerprint density at radius 1 is 1.46 bits per heavy atom. The highest BCUT2D eigenvalue weighted by atomic mass is 79.9. The summed E-state index contributed by atoms with van der Waals surface area (Å²) in [5.41, 5.74) is 0.748. The molecule has 0 bridgehead atoms. The summed E-state index contributed by atoms with van der Waals surface area (Å²) in [7, 11) is 0. The molecule has 24 heavy (non-hydrogen) atoms. The summed E-state index contributed by atoms with van der Waals surface area (Å²) in [6.07, 6.45) is 4.17. The molecule has 1 atom stereocenters. The molecule has 6 heteroatoms. The van der Waals surface area contributed by atoms with E-state index in [0.29, 0.717) is 12.4 Å². The van der Waals surface area contributed by atoms with Crippen molar-refractivity contribution in [2.24, 2.45) is 0 Å². The fraction of sp³-hybridized carbons (Fsp3) is 0.444. The van der Waals surface area contributed by atoms with Crippen molar-refractivity contribution in [3.63, 3.8) is 0 Å². The van der Waals surface area contributed by atoms with E-state index in [1.54, 1.807) is 0 Å². The molecule has 1 aromatic carbocycles. The molecule has 0 aliphatic carbocycles. The number of ketones is 1. The molecule has 2 rings (SSSR count). The van der Waals surface area contributed by atoms with E-state index in [9.17, 15) is 14.7 Å². The van der Waals surface area contributed by atoms with E-state index in [-0.39, 0.29) is 25.2 Å². The molecule has 0 saturated carbocycles. The van der Waals surface area contributed by atoms with Crippen molar-refractivity contribution in [2.75, 3.05) is 13.2 Å². The largest absolute Gasteiger partial charge is 0.493 e. The van der Waals surface area contributed by atoms with Crippen LogP contribution < -0.4 is 4.74 Å². The Bertz CT molecular complexity index is 617.